The van der Waals surface area contributed by atoms with Crippen LogP contribution in [0.25, 0.3) is 27.8 Å². The molecule has 3 aromatic heterocycles. The van der Waals surface area contributed by atoms with Gasteiger partial charge in [0.1, 0.15) is 17.2 Å². The molecule has 0 aliphatic carbocycles. The first-order valence-electron chi connectivity index (χ1n) is 10.1. The molecule has 0 fully saturated rings. The quantitative estimate of drug-likeness (QED) is 0.421. The number of amides is 1. The summed E-state index contributed by atoms with van der Waals surface area (Å²) < 4.78 is 1.96. The summed E-state index contributed by atoms with van der Waals surface area (Å²) in [5.41, 5.74) is 5.92. The highest BCUT2D eigenvalue weighted by Gasteiger charge is 2.17. The number of hydrogen-bond acceptors (Lipinski definition) is 2. The van der Waals surface area contributed by atoms with E-state index in [1.165, 1.54) is 5.39 Å². The lowest BCUT2D eigenvalue weighted by Crippen LogP contribution is -2.14. The van der Waals surface area contributed by atoms with Gasteiger partial charge in [0.05, 0.1) is 0 Å². The minimum atomic E-state index is -0.0271. The molecule has 0 unspecified atom stereocenters. The summed E-state index contributed by atoms with van der Waals surface area (Å²) in [5, 5.41) is 4.29. The number of pyridine rings is 1. The number of benzene rings is 2. The molecule has 0 aliphatic rings. The van der Waals surface area contributed by atoms with Crippen molar-refractivity contribution in [2.75, 3.05) is 5.32 Å². The van der Waals surface area contributed by atoms with Crippen molar-refractivity contribution in [3.05, 3.63) is 90.3 Å². The molecule has 1 amide bonds. The zero-order valence-electron chi connectivity index (χ0n) is 16.7. The van der Waals surface area contributed by atoms with Crippen LogP contribution in [0.1, 0.15) is 17.5 Å². The van der Waals surface area contributed by atoms with Crippen LogP contribution in [-0.4, -0.2) is 20.3 Å². The number of aryl methyl sites for hydroxylation is 2. The van der Waals surface area contributed by atoms with Crippen molar-refractivity contribution in [1.29, 1.82) is 0 Å². The molecule has 5 nitrogen and oxygen atoms in total. The van der Waals surface area contributed by atoms with Gasteiger partial charge in [0.2, 0.25) is 5.91 Å². The number of anilines is 1. The van der Waals surface area contributed by atoms with Crippen LogP contribution in [0.15, 0.2) is 79.1 Å². The fraction of sp³-hybridized carbons (Fsp3) is 0.120. The van der Waals surface area contributed by atoms with Crippen LogP contribution in [0.3, 0.4) is 0 Å². The van der Waals surface area contributed by atoms with Gasteiger partial charge in [0.25, 0.3) is 0 Å². The highest BCUT2D eigenvalue weighted by atomic mass is 16.1. The monoisotopic (exact) mass is 394 g/mol. The van der Waals surface area contributed by atoms with Crippen molar-refractivity contribution < 1.29 is 4.79 Å². The third-order valence-electron chi connectivity index (χ3n) is 5.45. The molecule has 0 bridgehead atoms. The Morgan fingerprint density at radius 3 is 2.70 bits per heavy atom. The molecule has 5 rings (SSSR count). The zero-order valence-corrected chi connectivity index (χ0v) is 16.7. The average Bonchev–Trinajstić information content (AvgIpc) is 3.36. The second-order valence-corrected chi connectivity index (χ2v) is 7.47. The van der Waals surface area contributed by atoms with Crippen LogP contribution >= 0.6 is 0 Å². The van der Waals surface area contributed by atoms with Crippen LogP contribution in [0.5, 0.6) is 0 Å². The van der Waals surface area contributed by atoms with E-state index in [4.69, 9.17) is 4.98 Å². The number of fused-ring (bicyclic) bond motifs is 2. The molecule has 30 heavy (non-hydrogen) atoms. The van der Waals surface area contributed by atoms with Gasteiger partial charge in [-0.3, -0.25) is 9.20 Å². The maximum absolute atomic E-state index is 12.9. The smallest absolute Gasteiger partial charge is 0.225 e. The molecule has 2 N–H and O–H groups in total. The van der Waals surface area contributed by atoms with Gasteiger partial charge in [-0.15, -0.1) is 0 Å². The number of aromatic amines is 1. The lowest BCUT2D eigenvalue weighted by atomic mass is 10.1. The van der Waals surface area contributed by atoms with Gasteiger partial charge in [0, 0.05) is 35.3 Å². The Kier molecular flexibility index (Phi) is 4.56. The highest BCUT2D eigenvalue weighted by molar-refractivity contribution is 5.95. The first kappa shape index (κ1) is 18.2. The van der Waals surface area contributed by atoms with Gasteiger partial charge in [-0.05, 0) is 36.6 Å². The fourth-order valence-corrected chi connectivity index (χ4v) is 3.90. The largest absolute Gasteiger partial charge is 0.361 e. The van der Waals surface area contributed by atoms with E-state index >= 15 is 0 Å². The third kappa shape index (κ3) is 3.24. The standard InChI is InChI=1S/C25H22N4O/c1-17-8-7-15-29-24(17)28-23(18-9-3-2-4-10-18)25(29)27-22(30)14-13-19-16-26-21-12-6-5-11-20(19)21/h2-12,15-16,26H,13-14H2,1H3,(H,27,30). The van der Waals surface area contributed by atoms with E-state index in [1.54, 1.807) is 0 Å². The van der Waals surface area contributed by atoms with Gasteiger partial charge in [-0.2, -0.15) is 0 Å². The normalized spacial score (nSPS) is 11.2. The van der Waals surface area contributed by atoms with Crippen LogP contribution in [-0.2, 0) is 11.2 Å². The molecule has 5 aromatic rings. The average molecular weight is 394 g/mol. The van der Waals surface area contributed by atoms with Gasteiger partial charge in [-0.1, -0.05) is 54.6 Å². The first-order valence-corrected chi connectivity index (χ1v) is 10.1. The molecule has 5 heteroatoms. The Labute approximate surface area is 174 Å². The molecule has 0 radical (unpaired) electrons. The molecule has 2 aromatic carbocycles. The summed E-state index contributed by atoms with van der Waals surface area (Å²) >= 11 is 0. The minimum Gasteiger partial charge on any atom is -0.361 e. The second kappa shape index (κ2) is 7.52. The van der Waals surface area contributed by atoms with E-state index in [0.29, 0.717) is 18.7 Å². The fourth-order valence-electron chi connectivity index (χ4n) is 3.90. The lowest BCUT2D eigenvalue weighted by Gasteiger charge is -2.08. The van der Waals surface area contributed by atoms with E-state index < -0.39 is 0 Å². The number of imidazole rings is 1. The predicted octanol–water partition coefficient (Wildman–Crippen LogP) is 5.36. The van der Waals surface area contributed by atoms with Gasteiger partial charge in [0.15, 0.2) is 0 Å². The third-order valence-corrected chi connectivity index (χ3v) is 5.45. The van der Waals surface area contributed by atoms with Crippen LogP contribution < -0.4 is 5.32 Å². The number of hydrogen-bond donors (Lipinski definition) is 2. The number of H-pyrrole nitrogens is 1. The van der Waals surface area contributed by atoms with Crippen LogP contribution in [0, 0.1) is 6.92 Å². The minimum absolute atomic E-state index is 0.0271. The van der Waals surface area contributed by atoms with Crippen molar-refractivity contribution >= 4 is 28.3 Å². The first-order chi connectivity index (χ1) is 14.7. The molecule has 0 aliphatic heterocycles. The summed E-state index contributed by atoms with van der Waals surface area (Å²) in [6, 6.07) is 22.1. The summed E-state index contributed by atoms with van der Waals surface area (Å²) in [6.45, 7) is 2.03. The Morgan fingerprint density at radius 2 is 1.83 bits per heavy atom. The number of rotatable bonds is 5. The predicted molar refractivity (Wildman–Crippen MR) is 121 cm³/mol. The molecule has 0 saturated heterocycles. The van der Waals surface area contributed by atoms with E-state index in [9.17, 15) is 4.79 Å². The Bertz CT molecular complexity index is 1350. The van der Waals surface area contributed by atoms with Crippen molar-refractivity contribution in [3.8, 4) is 11.3 Å². The molecule has 3 heterocycles. The van der Waals surface area contributed by atoms with Gasteiger partial charge < -0.3 is 10.3 Å². The van der Waals surface area contributed by atoms with E-state index in [2.05, 4.69) is 16.4 Å². The molecular weight excluding hydrogens is 372 g/mol. The second-order valence-electron chi connectivity index (χ2n) is 7.47. The number of nitrogens with one attached hydrogen (secondary N) is 2. The Hall–Kier alpha value is -3.86. The topological polar surface area (TPSA) is 62.2 Å². The maximum atomic E-state index is 12.9. The van der Waals surface area contributed by atoms with Crippen molar-refractivity contribution in [1.82, 2.24) is 14.4 Å². The SMILES string of the molecule is Cc1cccn2c(NC(=O)CCc3c[nH]c4ccccc34)c(-c3ccccc3)nc12. The van der Waals surface area contributed by atoms with E-state index in [-0.39, 0.29) is 5.91 Å². The van der Waals surface area contributed by atoms with E-state index in [1.807, 2.05) is 84.4 Å². The molecular formula is C25H22N4O. The van der Waals surface area contributed by atoms with Gasteiger partial charge >= 0.3 is 0 Å². The van der Waals surface area contributed by atoms with Crippen molar-refractivity contribution in [2.45, 2.75) is 19.8 Å². The Balaban J connectivity index is 1.44. The molecule has 0 spiro atoms. The van der Waals surface area contributed by atoms with Crippen LogP contribution in [0.4, 0.5) is 5.82 Å². The van der Waals surface area contributed by atoms with Crippen LogP contribution in [0.2, 0.25) is 0 Å². The van der Waals surface area contributed by atoms with Gasteiger partial charge in [-0.25, -0.2) is 4.98 Å². The number of aromatic nitrogens is 3. The number of nitrogens with zero attached hydrogens (tertiary/aromatic N) is 2. The van der Waals surface area contributed by atoms with E-state index in [0.717, 1.165) is 33.5 Å². The van der Waals surface area contributed by atoms with Crippen molar-refractivity contribution in [3.63, 3.8) is 0 Å². The summed E-state index contributed by atoms with van der Waals surface area (Å²) in [5.74, 6) is 0.685. The number of para-hydroxylation sites is 1. The Morgan fingerprint density at radius 1 is 1.03 bits per heavy atom. The van der Waals surface area contributed by atoms with Crippen molar-refractivity contribution in [2.24, 2.45) is 0 Å². The summed E-state index contributed by atoms with van der Waals surface area (Å²) in [7, 11) is 0. The highest BCUT2D eigenvalue weighted by Crippen LogP contribution is 2.30. The molecule has 0 atom stereocenters. The summed E-state index contributed by atoms with van der Waals surface area (Å²) in [6.07, 6.45) is 5.00. The number of carbonyl (C=O) groups excluding carboxylic acids is 1. The lowest BCUT2D eigenvalue weighted by molar-refractivity contribution is -0.116. The zero-order chi connectivity index (χ0) is 20.5. The molecule has 148 valence electrons. The summed E-state index contributed by atoms with van der Waals surface area (Å²) in [4.78, 5) is 21.0. The number of carbonyl (C=O) groups is 1. The maximum Gasteiger partial charge on any atom is 0.225 e. The molecule has 0 saturated carbocycles.